The number of ether oxygens (including phenoxy) is 2. The summed E-state index contributed by atoms with van der Waals surface area (Å²) in [5.74, 6) is -0.610. The lowest BCUT2D eigenvalue weighted by Gasteiger charge is -2.15. The zero-order valence-electron chi connectivity index (χ0n) is 50.9. The summed E-state index contributed by atoms with van der Waals surface area (Å²) in [7, 11) is 0. The first-order valence-electron chi connectivity index (χ1n) is 32.7. The molecule has 1 unspecified atom stereocenters. The molecule has 0 aromatic heterocycles. The molecule has 0 aromatic carbocycles. The van der Waals surface area contributed by atoms with E-state index in [2.05, 4.69) is 148 Å². The highest BCUT2D eigenvalue weighted by Crippen LogP contribution is 2.17. The Bertz CT molecular complexity index is 1600. The van der Waals surface area contributed by atoms with Crippen molar-refractivity contribution in [1.29, 1.82) is 0 Å². The fraction of sp³-hybridized carbons (Fsp3) is 0.671. The highest BCUT2D eigenvalue weighted by Gasteiger charge is 2.16. The minimum atomic E-state index is -0.791. The Morgan fingerprint density at radius 3 is 0.769 bits per heavy atom. The lowest BCUT2D eigenvalue weighted by Crippen LogP contribution is -2.28. The predicted octanol–water partition coefficient (Wildman–Crippen LogP) is 22.8. The van der Waals surface area contributed by atoms with Crippen LogP contribution in [0.25, 0.3) is 0 Å². The summed E-state index contributed by atoms with van der Waals surface area (Å²) in [5, 5.41) is 9.68. The molecule has 5 heteroatoms. The zero-order valence-corrected chi connectivity index (χ0v) is 50.9. The molecular formula is C73H122O5. The van der Waals surface area contributed by atoms with Crippen molar-refractivity contribution in [1.82, 2.24) is 0 Å². The molecule has 0 aromatic rings. The third-order valence-electron chi connectivity index (χ3n) is 13.9. The molecule has 1 N–H and O–H groups in total. The minimum absolute atomic E-state index is 0.0784. The minimum Gasteiger partial charge on any atom is -0.462 e. The van der Waals surface area contributed by atoms with E-state index in [1.54, 1.807) is 0 Å². The Balaban J connectivity index is 3.49. The molecule has 0 amide bonds. The van der Waals surface area contributed by atoms with Gasteiger partial charge in [0.1, 0.15) is 6.61 Å². The van der Waals surface area contributed by atoms with Crippen molar-refractivity contribution in [3.8, 4) is 0 Å². The highest BCUT2D eigenvalue weighted by molar-refractivity contribution is 5.70. The molecule has 0 rings (SSSR count). The lowest BCUT2D eigenvalue weighted by molar-refractivity contribution is -0.161. The van der Waals surface area contributed by atoms with Gasteiger partial charge in [0.15, 0.2) is 6.10 Å². The van der Waals surface area contributed by atoms with Crippen molar-refractivity contribution < 1.29 is 24.2 Å². The SMILES string of the molecule is CC/C=C\C/C=C\C/C=C\C/C=C\C/C=C\C/C=C\C/C=C\CCCCCCCC(=O)OC(CO)COC(=O)CCCCCCCCCCCCCCCCCCCCCCCCCC/C=C\C/C=C\C/C=C\C/C=C\CC. The van der Waals surface area contributed by atoms with Gasteiger partial charge in [0.05, 0.1) is 6.61 Å². The summed E-state index contributed by atoms with van der Waals surface area (Å²) in [4.78, 5) is 24.6. The molecule has 444 valence electrons. The van der Waals surface area contributed by atoms with Crippen molar-refractivity contribution >= 4 is 11.9 Å². The molecule has 0 radical (unpaired) electrons. The van der Waals surface area contributed by atoms with E-state index in [0.717, 1.165) is 128 Å². The van der Waals surface area contributed by atoms with Crippen LogP contribution in [0.5, 0.6) is 0 Å². The number of aliphatic hydroxyl groups is 1. The molecule has 0 bridgehead atoms. The fourth-order valence-electron chi connectivity index (χ4n) is 9.12. The van der Waals surface area contributed by atoms with Crippen molar-refractivity contribution in [3.63, 3.8) is 0 Å². The summed E-state index contributed by atoms with van der Waals surface area (Å²) in [6.45, 7) is 3.91. The Hall–Kier alpha value is -3.96. The molecule has 78 heavy (non-hydrogen) atoms. The second kappa shape index (κ2) is 67.3. The van der Waals surface area contributed by atoms with Crippen molar-refractivity contribution in [3.05, 3.63) is 134 Å². The van der Waals surface area contributed by atoms with Crippen LogP contribution in [0, 0.1) is 0 Å². The third-order valence-corrected chi connectivity index (χ3v) is 13.9. The Morgan fingerprint density at radius 2 is 0.513 bits per heavy atom. The normalized spacial score (nSPS) is 13.1. The van der Waals surface area contributed by atoms with Gasteiger partial charge < -0.3 is 14.6 Å². The second-order valence-electron chi connectivity index (χ2n) is 21.4. The maximum Gasteiger partial charge on any atom is 0.306 e. The van der Waals surface area contributed by atoms with Crippen molar-refractivity contribution in [2.24, 2.45) is 0 Å². The van der Waals surface area contributed by atoms with E-state index < -0.39 is 6.10 Å². The number of hydrogen-bond acceptors (Lipinski definition) is 5. The van der Waals surface area contributed by atoms with Crippen LogP contribution in [0.2, 0.25) is 0 Å². The molecule has 5 nitrogen and oxygen atoms in total. The molecule has 0 saturated heterocycles. The maximum absolute atomic E-state index is 12.3. The Kier molecular flexibility index (Phi) is 63.9. The maximum atomic E-state index is 12.3. The number of aliphatic hydroxyl groups excluding tert-OH is 1. The average molecular weight is 1080 g/mol. The van der Waals surface area contributed by atoms with E-state index in [9.17, 15) is 14.7 Å². The van der Waals surface area contributed by atoms with Crippen LogP contribution < -0.4 is 0 Å². The zero-order chi connectivity index (χ0) is 56.2. The van der Waals surface area contributed by atoms with Crippen LogP contribution >= 0.6 is 0 Å². The standard InChI is InChI=1S/C73H122O5/c1-3-5-7-9-11-13-15-17-19-21-23-25-27-29-31-32-33-34-35-36-37-38-39-40-42-43-45-47-49-51-53-55-57-59-61-63-65-67-72(75)77-70-71(69-74)78-73(76)68-66-64-62-60-58-56-54-52-50-48-46-44-41-30-28-26-24-22-20-18-16-14-12-10-8-6-4-2/h5-8,11-14,17-20,23-26,30,41,46,48,52,54,71,74H,3-4,9-10,15-16,21-22,27-29,31-40,42-45,47,49-51,53,55-70H2,1-2H3/b7-5-,8-6-,13-11-,14-12-,19-17-,20-18-,25-23-,26-24-,41-30-,48-46-,54-52-. The van der Waals surface area contributed by atoms with Gasteiger partial charge >= 0.3 is 11.9 Å². The van der Waals surface area contributed by atoms with Crippen LogP contribution in [-0.2, 0) is 19.1 Å². The molecule has 0 aliphatic heterocycles. The summed E-state index contributed by atoms with van der Waals surface area (Å²) in [5.41, 5.74) is 0. The number of carbonyl (C=O) groups excluding carboxylic acids is 2. The van der Waals surface area contributed by atoms with Gasteiger partial charge in [-0.25, -0.2) is 0 Å². The van der Waals surface area contributed by atoms with Gasteiger partial charge in [0.2, 0.25) is 0 Å². The Labute approximate surface area is 483 Å². The van der Waals surface area contributed by atoms with Gasteiger partial charge in [-0.05, 0) is 109 Å². The molecular weight excluding hydrogens is 957 g/mol. The first kappa shape index (κ1) is 74.0. The van der Waals surface area contributed by atoms with Crippen LogP contribution in [0.1, 0.15) is 296 Å². The summed E-state index contributed by atoms with van der Waals surface area (Å²) in [6, 6.07) is 0. The average Bonchev–Trinajstić information content (AvgIpc) is 3.44. The predicted molar refractivity (Wildman–Crippen MR) is 343 cm³/mol. The molecule has 1 atom stereocenters. The summed E-state index contributed by atoms with van der Waals surface area (Å²) in [6.07, 6.45) is 100. The highest BCUT2D eigenvalue weighted by atomic mass is 16.6. The van der Waals surface area contributed by atoms with E-state index in [1.165, 1.54) is 141 Å². The number of allylic oxidation sites excluding steroid dienone is 22. The van der Waals surface area contributed by atoms with Gasteiger partial charge in [0.25, 0.3) is 0 Å². The second-order valence-corrected chi connectivity index (χ2v) is 21.4. The largest absolute Gasteiger partial charge is 0.462 e. The topological polar surface area (TPSA) is 72.8 Å². The molecule has 0 fully saturated rings. The van der Waals surface area contributed by atoms with Crippen LogP contribution in [0.15, 0.2) is 134 Å². The number of rotatable bonds is 59. The van der Waals surface area contributed by atoms with E-state index >= 15 is 0 Å². The Morgan fingerprint density at radius 1 is 0.295 bits per heavy atom. The smallest absolute Gasteiger partial charge is 0.306 e. The molecule has 0 aliphatic rings. The number of unbranched alkanes of at least 4 members (excludes halogenated alkanes) is 29. The first-order chi connectivity index (χ1) is 38.6. The van der Waals surface area contributed by atoms with Gasteiger partial charge in [-0.3, -0.25) is 9.59 Å². The number of esters is 2. The first-order valence-corrected chi connectivity index (χ1v) is 32.7. The molecule has 0 aliphatic carbocycles. The van der Waals surface area contributed by atoms with Crippen molar-refractivity contribution in [2.45, 2.75) is 302 Å². The van der Waals surface area contributed by atoms with E-state index in [1.807, 2.05) is 0 Å². The fourth-order valence-corrected chi connectivity index (χ4v) is 9.12. The quantitative estimate of drug-likeness (QED) is 0.0373. The number of carbonyl (C=O) groups is 2. The van der Waals surface area contributed by atoms with Crippen LogP contribution in [0.3, 0.4) is 0 Å². The molecule has 0 heterocycles. The molecule has 0 saturated carbocycles. The van der Waals surface area contributed by atoms with Gasteiger partial charge in [0, 0.05) is 12.8 Å². The molecule has 0 spiro atoms. The monoisotopic (exact) mass is 1080 g/mol. The third kappa shape index (κ3) is 64.6. The van der Waals surface area contributed by atoms with Gasteiger partial charge in [-0.1, -0.05) is 308 Å². The number of hydrogen-bond donors (Lipinski definition) is 1. The van der Waals surface area contributed by atoms with E-state index in [-0.39, 0.29) is 25.2 Å². The van der Waals surface area contributed by atoms with Crippen LogP contribution in [0.4, 0.5) is 0 Å². The van der Waals surface area contributed by atoms with Crippen molar-refractivity contribution in [2.75, 3.05) is 13.2 Å². The lowest BCUT2D eigenvalue weighted by atomic mass is 10.0. The van der Waals surface area contributed by atoms with E-state index in [0.29, 0.717) is 12.8 Å². The summed E-state index contributed by atoms with van der Waals surface area (Å²) >= 11 is 0. The summed E-state index contributed by atoms with van der Waals surface area (Å²) < 4.78 is 10.7. The van der Waals surface area contributed by atoms with Gasteiger partial charge in [-0.15, -0.1) is 0 Å². The van der Waals surface area contributed by atoms with Gasteiger partial charge in [-0.2, -0.15) is 0 Å². The van der Waals surface area contributed by atoms with E-state index in [4.69, 9.17) is 9.47 Å². The van der Waals surface area contributed by atoms with Crippen LogP contribution in [-0.4, -0.2) is 36.4 Å².